The van der Waals surface area contributed by atoms with Crippen molar-refractivity contribution in [1.82, 2.24) is 4.90 Å². The van der Waals surface area contributed by atoms with Gasteiger partial charge in [-0.1, -0.05) is 23.8 Å². The third-order valence-electron chi connectivity index (χ3n) is 3.59. The lowest BCUT2D eigenvalue weighted by Gasteiger charge is -2.31. The van der Waals surface area contributed by atoms with Crippen LogP contribution in [0.15, 0.2) is 18.2 Å². The number of thiocarbonyl (C=S) groups is 1. The van der Waals surface area contributed by atoms with Crippen LogP contribution in [0.2, 0.25) is 5.02 Å². The molecular formula is C14H20ClN3S. The minimum atomic E-state index is 0.386. The van der Waals surface area contributed by atoms with Crippen LogP contribution in [0.5, 0.6) is 0 Å². The van der Waals surface area contributed by atoms with Gasteiger partial charge in [0.25, 0.3) is 0 Å². The lowest BCUT2D eigenvalue weighted by molar-refractivity contribution is 0.337. The Bertz CT molecular complexity index is 478. The highest BCUT2D eigenvalue weighted by Gasteiger charge is 2.21. The number of nitrogens with zero attached hydrogens (tertiary/aromatic N) is 2. The van der Waals surface area contributed by atoms with Gasteiger partial charge < -0.3 is 15.5 Å². The molecule has 1 fully saturated rings. The zero-order valence-electron chi connectivity index (χ0n) is 11.4. The highest BCUT2D eigenvalue weighted by Crippen LogP contribution is 2.29. The smallest absolute Gasteiger partial charge is 0.104 e. The maximum Gasteiger partial charge on any atom is 0.104 e. The maximum absolute atomic E-state index is 6.39. The molecule has 1 unspecified atom stereocenters. The first-order chi connectivity index (χ1) is 8.99. The summed E-state index contributed by atoms with van der Waals surface area (Å²) in [7, 11) is 2.16. The fraction of sp³-hybridized carbons (Fsp3) is 0.500. The van der Waals surface area contributed by atoms with Gasteiger partial charge in [0.1, 0.15) is 4.99 Å². The number of nitrogens with two attached hydrogens (primary N) is 1. The molecule has 2 rings (SSSR count). The number of hydrogen-bond donors (Lipinski definition) is 1. The summed E-state index contributed by atoms with van der Waals surface area (Å²) in [4.78, 5) is 5.12. The molecule has 1 atom stereocenters. The van der Waals surface area contributed by atoms with Crippen molar-refractivity contribution in [3.8, 4) is 0 Å². The van der Waals surface area contributed by atoms with Gasteiger partial charge in [-0.25, -0.2) is 0 Å². The van der Waals surface area contributed by atoms with E-state index in [9.17, 15) is 0 Å². The van der Waals surface area contributed by atoms with Crippen molar-refractivity contribution >= 4 is 34.5 Å². The molecule has 2 N–H and O–H groups in total. The van der Waals surface area contributed by atoms with Crippen molar-refractivity contribution < 1.29 is 0 Å². The summed E-state index contributed by atoms with van der Waals surface area (Å²) in [6.07, 6.45) is 1.15. The zero-order chi connectivity index (χ0) is 14.0. The number of anilines is 1. The minimum absolute atomic E-state index is 0.386. The van der Waals surface area contributed by atoms with Crippen LogP contribution in [-0.4, -0.2) is 42.6 Å². The first-order valence-electron chi connectivity index (χ1n) is 6.53. The Morgan fingerprint density at radius 2 is 2.16 bits per heavy atom. The van der Waals surface area contributed by atoms with Crippen LogP contribution in [0.25, 0.3) is 0 Å². The second kappa shape index (κ2) is 6.07. The third-order valence-corrected chi connectivity index (χ3v) is 4.13. The zero-order valence-corrected chi connectivity index (χ0v) is 13.0. The molecule has 0 radical (unpaired) electrons. The van der Waals surface area contributed by atoms with Crippen molar-refractivity contribution in [3.63, 3.8) is 0 Å². The van der Waals surface area contributed by atoms with Crippen LogP contribution in [-0.2, 0) is 0 Å². The van der Waals surface area contributed by atoms with E-state index in [0.29, 0.717) is 11.0 Å². The van der Waals surface area contributed by atoms with Gasteiger partial charge in [0.05, 0.1) is 10.7 Å². The Balaban J connectivity index is 2.27. The molecule has 0 saturated carbocycles. The molecule has 3 nitrogen and oxygen atoms in total. The second-order valence-electron chi connectivity index (χ2n) is 5.19. The summed E-state index contributed by atoms with van der Waals surface area (Å²) >= 11 is 11.4. The van der Waals surface area contributed by atoms with Crippen molar-refractivity contribution in [2.24, 2.45) is 5.73 Å². The highest BCUT2D eigenvalue weighted by molar-refractivity contribution is 7.80. The van der Waals surface area contributed by atoms with E-state index < -0.39 is 0 Å². The lowest BCUT2D eigenvalue weighted by atomic mass is 10.1. The van der Waals surface area contributed by atoms with E-state index in [1.165, 1.54) is 0 Å². The average molecular weight is 298 g/mol. The van der Waals surface area contributed by atoms with Gasteiger partial charge in [0.2, 0.25) is 0 Å². The SMILES string of the molecule is CC1CN(C)CCCN1c1ccc(C(N)=S)cc1Cl. The molecule has 104 valence electrons. The molecule has 1 aromatic carbocycles. The van der Waals surface area contributed by atoms with Crippen LogP contribution >= 0.6 is 23.8 Å². The van der Waals surface area contributed by atoms with Crippen LogP contribution < -0.4 is 10.6 Å². The third kappa shape index (κ3) is 3.38. The van der Waals surface area contributed by atoms with Gasteiger partial charge in [-0.05, 0) is 45.1 Å². The quantitative estimate of drug-likeness (QED) is 0.850. The topological polar surface area (TPSA) is 32.5 Å². The number of hydrogen-bond acceptors (Lipinski definition) is 3. The van der Waals surface area contributed by atoms with E-state index >= 15 is 0 Å². The van der Waals surface area contributed by atoms with Crippen molar-refractivity contribution in [2.45, 2.75) is 19.4 Å². The second-order valence-corrected chi connectivity index (χ2v) is 6.04. The maximum atomic E-state index is 6.39. The van der Waals surface area contributed by atoms with Crippen molar-refractivity contribution in [3.05, 3.63) is 28.8 Å². The molecule has 0 amide bonds. The summed E-state index contributed by atoms with van der Waals surface area (Å²) in [6, 6.07) is 6.28. The van der Waals surface area contributed by atoms with Crippen LogP contribution in [0.3, 0.4) is 0 Å². The van der Waals surface area contributed by atoms with Crippen LogP contribution in [0.1, 0.15) is 18.9 Å². The van der Waals surface area contributed by atoms with E-state index in [4.69, 9.17) is 29.6 Å². The predicted octanol–water partition coefficient (Wildman–Crippen LogP) is 2.50. The largest absolute Gasteiger partial charge is 0.389 e. The van der Waals surface area contributed by atoms with Crippen molar-refractivity contribution in [2.75, 3.05) is 31.6 Å². The fourth-order valence-corrected chi connectivity index (χ4v) is 3.04. The van der Waals surface area contributed by atoms with E-state index in [2.05, 4.69) is 23.8 Å². The average Bonchev–Trinajstić information content (AvgIpc) is 2.50. The van der Waals surface area contributed by atoms with Gasteiger partial charge >= 0.3 is 0 Å². The van der Waals surface area contributed by atoms with Gasteiger partial charge in [-0.2, -0.15) is 0 Å². The van der Waals surface area contributed by atoms with Crippen molar-refractivity contribution in [1.29, 1.82) is 0 Å². The summed E-state index contributed by atoms with van der Waals surface area (Å²) in [6.45, 7) is 5.44. The molecule has 0 aromatic heterocycles. The fourth-order valence-electron chi connectivity index (χ4n) is 2.62. The standard InChI is InChI=1S/C14H20ClN3S/c1-10-9-17(2)6-3-7-18(10)13-5-4-11(14(16)19)8-12(13)15/h4-5,8,10H,3,6-7,9H2,1-2H3,(H2,16,19). The number of halogens is 1. The molecule has 0 aliphatic carbocycles. The van der Waals surface area contributed by atoms with Gasteiger partial charge in [0.15, 0.2) is 0 Å². The Morgan fingerprint density at radius 1 is 1.42 bits per heavy atom. The first kappa shape index (κ1) is 14.6. The normalized spacial score (nSPS) is 21.2. The van der Waals surface area contributed by atoms with Crippen LogP contribution in [0.4, 0.5) is 5.69 Å². The van der Waals surface area contributed by atoms with Gasteiger partial charge in [0, 0.05) is 24.7 Å². The van der Waals surface area contributed by atoms with E-state index in [1.807, 2.05) is 18.2 Å². The molecule has 0 bridgehead atoms. The van der Waals surface area contributed by atoms with E-state index in [0.717, 1.165) is 42.3 Å². The Kier molecular flexibility index (Phi) is 4.66. The number of rotatable bonds is 2. The monoisotopic (exact) mass is 297 g/mol. The van der Waals surface area contributed by atoms with Gasteiger partial charge in [-0.3, -0.25) is 0 Å². The molecule has 5 heteroatoms. The molecular weight excluding hydrogens is 278 g/mol. The number of likely N-dealkylation sites (N-methyl/N-ethyl adjacent to an activating group) is 1. The first-order valence-corrected chi connectivity index (χ1v) is 7.32. The minimum Gasteiger partial charge on any atom is -0.389 e. The Labute approximate surface area is 125 Å². The molecule has 1 aromatic rings. The predicted molar refractivity (Wildman–Crippen MR) is 86.3 cm³/mol. The highest BCUT2D eigenvalue weighted by atomic mass is 35.5. The summed E-state index contributed by atoms with van der Waals surface area (Å²) < 4.78 is 0. The summed E-state index contributed by atoms with van der Waals surface area (Å²) in [5, 5.41) is 0.724. The Morgan fingerprint density at radius 3 is 2.79 bits per heavy atom. The number of benzene rings is 1. The lowest BCUT2D eigenvalue weighted by Crippen LogP contribution is -2.38. The molecule has 1 aliphatic rings. The van der Waals surface area contributed by atoms with E-state index in [-0.39, 0.29) is 0 Å². The molecule has 1 aliphatic heterocycles. The van der Waals surface area contributed by atoms with E-state index in [1.54, 1.807) is 0 Å². The Hall–Kier alpha value is -0.840. The van der Waals surface area contributed by atoms with Gasteiger partial charge in [-0.15, -0.1) is 0 Å². The van der Waals surface area contributed by atoms with Crippen LogP contribution in [0, 0.1) is 0 Å². The summed E-state index contributed by atoms with van der Waals surface area (Å²) in [5.41, 5.74) is 7.53. The summed E-state index contributed by atoms with van der Waals surface area (Å²) in [5.74, 6) is 0. The molecule has 1 saturated heterocycles. The molecule has 1 heterocycles. The molecule has 0 spiro atoms. The molecule has 19 heavy (non-hydrogen) atoms.